The van der Waals surface area contributed by atoms with Crippen LogP contribution < -0.4 is 9.80 Å². The third kappa shape index (κ3) is 3.40. The van der Waals surface area contributed by atoms with Crippen molar-refractivity contribution in [1.29, 1.82) is 0 Å². The Morgan fingerprint density at radius 2 is 1.77 bits per heavy atom. The predicted molar refractivity (Wildman–Crippen MR) is 122 cm³/mol. The van der Waals surface area contributed by atoms with Gasteiger partial charge < -0.3 is 0 Å². The lowest BCUT2D eigenvalue weighted by atomic mass is 10.0. The number of halogens is 1. The normalized spacial score (nSPS) is 17.6. The Bertz CT molecular complexity index is 1110. The van der Waals surface area contributed by atoms with E-state index in [0.717, 1.165) is 52.2 Å². The van der Waals surface area contributed by atoms with E-state index in [1.807, 2.05) is 53.3 Å². The Morgan fingerprint density at radius 1 is 1.07 bits per heavy atom. The molecule has 1 saturated carbocycles. The number of hydrogen-bond donors (Lipinski definition) is 0. The van der Waals surface area contributed by atoms with Gasteiger partial charge in [-0.1, -0.05) is 41.7 Å². The quantitative estimate of drug-likeness (QED) is 0.454. The molecule has 3 aromatic rings. The average Bonchev–Trinajstić information content (AvgIpc) is 3.40. The van der Waals surface area contributed by atoms with Crippen LogP contribution in [0.25, 0.3) is 11.1 Å². The molecule has 0 unspecified atom stereocenters. The predicted octanol–water partition coefficient (Wildman–Crippen LogP) is 6.21. The number of anilines is 2. The molecule has 1 aromatic heterocycles. The van der Waals surface area contributed by atoms with E-state index in [1.165, 1.54) is 6.07 Å². The Balaban J connectivity index is 1.46. The third-order valence-corrected chi connectivity index (χ3v) is 8.32. The minimum atomic E-state index is -0.244. The van der Waals surface area contributed by atoms with E-state index in [2.05, 4.69) is 4.98 Å². The van der Waals surface area contributed by atoms with Crippen molar-refractivity contribution in [2.75, 3.05) is 29.1 Å². The van der Waals surface area contributed by atoms with Crippen LogP contribution in [0.5, 0.6) is 0 Å². The third-order valence-electron chi connectivity index (χ3n) is 5.93. The minimum absolute atomic E-state index is 0.0347. The largest absolute Gasteiger partial charge is 0.330 e. The Morgan fingerprint density at radius 3 is 2.40 bits per heavy atom. The number of aryl methyl sites for hydroxylation is 1. The van der Waals surface area contributed by atoms with E-state index in [-0.39, 0.29) is 17.3 Å². The molecule has 1 spiro atoms. The Hall–Kier alpha value is -2.38. The molecule has 0 radical (unpaired) electrons. The molecule has 1 aliphatic carbocycles. The number of aromatic nitrogens is 1. The lowest BCUT2D eigenvalue weighted by molar-refractivity contribution is 0.243. The molecule has 2 fully saturated rings. The number of carbonyl (C=O) groups excluding carboxylic acids is 1. The number of thioether (sulfide) groups is 1. The maximum atomic E-state index is 14.1. The summed E-state index contributed by atoms with van der Waals surface area (Å²) in [4.78, 5) is 21.8. The molecule has 7 heteroatoms. The molecular formula is C23H22FN3OS2. The molecular weight excluding hydrogens is 417 g/mol. The van der Waals surface area contributed by atoms with Crippen LogP contribution >= 0.6 is 23.1 Å². The first kappa shape index (κ1) is 19.6. The number of nitrogens with zero attached hydrogens (tertiary/aromatic N) is 3. The number of amides is 2. The highest BCUT2D eigenvalue weighted by Gasteiger charge is 2.52. The topological polar surface area (TPSA) is 36.4 Å². The van der Waals surface area contributed by atoms with Gasteiger partial charge in [0.25, 0.3) is 0 Å². The zero-order valence-electron chi connectivity index (χ0n) is 16.9. The second kappa shape index (κ2) is 7.39. The first-order chi connectivity index (χ1) is 14.5. The van der Waals surface area contributed by atoms with Gasteiger partial charge in [0.2, 0.25) is 0 Å². The summed E-state index contributed by atoms with van der Waals surface area (Å²) >= 11 is 3.25. The van der Waals surface area contributed by atoms with Crippen molar-refractivity contribution in [3.05, 3.63) is 60.0 Å². The number of urea groups is 1. The van der Waals surface area contributed by atoms with Crippen LogP contribution in [0.4, 0.5) is 20.0 Å². The van der Waals surface area contributed by atoms with Crippen LogP contribution in [-0.2, 0) is 0 Å². The van der Waals surface area contributed by atoms with Crippen LogP contribution in [0, 0.1) is 18.2 Å². The van der Waals surface area contributed by atoms with E-state index >= 15 is 0 Å². The van der Waals surface area contributed by atoms with E-state index in [9.17, 15) is 9.18 Å². The fourth-order valence-corrected chi connectivity index (χ4v) is 5.73. The summed E-state index contributed by atoms with van der Waals surface area (Å²) in [6.07, 6.45) is 4.29. The summed E-state index contributed by atoms with van der Waals surface area (Å²) in [5.41, 5.74) is 3.34. The van der Waals surface area contributed by atoms with Crippen LogP contribution in [0.15, 0.2) is 52.7 Å². The van der Waals surface area contributed by atoms with Gasteiger partial charge in [-0.3, -0.25) is 9.80 Å². The summed E-state index contributed by atoms with van der Waals surface area (Å²) in [6.45, 7) is 3.45. The maximum Gasteiger partial charge on any atom is 0.330 e. The summed E-state index contributed by atoms with van der Waals surface area (Å²) in [5.74, 6) is -0.244. The Labute approximate surface area is 183 Å². The molecule has 0 atom stereocenters. The number of carbonyl (C=O) groups is 1. The van der Waals surface area contributed by atoms with Gasteiger partial charge in [-0.2, -0.15) is 0 Å². The minimum Gasteiger partial charge on any atom is -0.293 e. The van der Waals surface area contributed by atoms with Crippen LogP contribution in [-0.4, -0.2) is 30.4 Å². The molecule has 1 aliphatic heterocycles. The van der Waals surface area contributed by atoms with Crippen LogP contribution in [0.1, 0.15) is 18.5 Å². The molecule has 30 heavy (non-hydrogen) atoms. The molecule has 2 aliphatic rings. The average molecular weight is 440 g/mol. The van der Waals surface area contributed by atoms with Gasteiger partial charge in [0.05, 0.1) is 9.90 Å². The van der Waals surface area contributed by atoms with Crippen LogP contribution in [0.3, 0.4) is 0 Å². The van der Waals surface area contributed by atoms with E-state index < -0.39 is 0 Å². The number of benzene rings is 2. The van der Waals surface area contributed by atoms with Gasteiger partial charge >= 0.3 is 6.03 Å². The van der Waals surface area contributed by atoms with Crippen molar-refractivity contribution in [1.82, 2.24) is 4.98 Å². The summed E-state index contributed by atoms with van der Waals surface area (Å²) < 4.78 is 15.3. The number of rotatable bonds is 4. The number of hydrogen-bond acceptors (Lipinski definition) is 4. The zero-order valence-corrected chi connectivity index (χ0v) is 18.5. The summed E-state index contributed by atoms with van der Waals surface area (Å²) in [7, 11) is 0. The molecule has 0 bridgehead atoms. The Kier molecular flexibility index (Phi) is 4.82. The fourth-order valence-electron chi connectivity index (χ4n) is 4.04. The molecule has 2 heterocycles. The monoisotopic (exact) mass is 439 g/mol. The SMILES string of the molecule is CSc1sc(N2CC3(CC3)CN(c3ccc(-c4ccccc4F)cc3)C2=O)nc1C. The maximum absolute atomic E-state index is 14.1. The van der Waals surface area contributed by atoms with Crippen LogP contribution in [0.2, 0.25) is 0 Å². The van der Waals surface area contributed by atoms with Crippen molar-refractivity contribution in [3.63, 3.8) is 0 Å². The molecule has 0 N–H and O–H groups in total. The lowest BCUT2D eigenvalue weighted by Crippen LogP contribution is -2.55. The van der Waals surface area contributed by atoms with Gasteiger partial charge in [0.15, 0.2) is 5.13 Å². The number of thiazole rings is 1. The van der Waals surface area contributed by atoms with Crippen molar-refractivity contribution in [2.24, 2.45) is 5.41 Å². The molecule has 2 aromatic carbocycles. The smallest absolute Gasteiger partial charge is 0.293 e. The molecule has 1 saturated heterocycles. The molecule has 154 valence electrons. The molecule has 2 amide bonds. The second-order valence-corrected chi connectivity index (χ2v) is 10.1. The lowest BCUT2D eigenvalue weighted by Gasteiger charge is -2.39. The van der Waals surface area contributed by atoms with Crippen molar-refractivity contribution in [2.45, 2.75) is 24.0 Å². The van der Waals surface area contributed by atoms with Gasteiger partial charge in [-0.05, 0) is 49.8 Å². The van der Waals surface area contributed by atoms with Gasteiger partial charge in [-0.15, -0.1) is 11.8 Å². The zero-order chi connectivity index (χ0) is 20.9. The summed E-state index contributed by atoms with van der Waals surface area (Å²) in [5, 5.41) is 0.779. The highest BCUT2D eigenvalue weighted by Crippen LogP contribution is 2.51. The van der Waals surface area contributed by atoms with Crippen molar-refractivity contribution < 1.29 is 9.18 Å². The highest BCUT2D eigenvalue weighted by molar-refractivity contribution is 8.00. The standard InChI is InChI=1S/C23H22FN3OS2/c1-15-20(29-2)30-21(25-15)27-14-23(11-12-23)13-26(22(27)28)17-9-7-16(8-10-17)18-5-3-4-6-19(18)24/h3-10H,11-14H2,1-2H3. The van der Waals surface area contributed by atoms with Gasteiger partial charge in [0, 0.05) is 29.8 Å². The van der Waals surface area contributed by atoms with Crippen molar-refractivity contribution >= 4 is 39.9 Å². The molecule has 5 rings (SSSR count). The van der Waals surface area contributed by atoms with Crippen molar-refractivity contribution in [3.8, 4) is 11.1 Å². The van der Waals surface area contributed by atoms with E-state index in [4.69, 9.17) is 0 Å². The first-order valence-corrected chi connectivity index (χ1v) is 12.0. The van der Waals surface area contributed by atoms with E-state index in [1.54, 1.807) is 35.2 Å². The second-order valence-electron chi connectivity index (χ2n) is 8.06. The fraction of sp³-hybridized carbons (Fsp3) is 0.304. The van der Waals surface area contributed by atoms with Gasteiger partial charge in [-0.25, -0.2) is 14.2 Å². The molecule has 4 nitrogen and oxygen atoms in total. The highest BCUT2D eigenvalue weighted by atomic mass is 32.2. The van der Waals surface area contributed by atoms with Gasteiger partial charge in [0.1, 0.15) is 5.82 Å². The first-order valence-electron chi connectivity index (χ1n) is 9.95. The summed E-state index contributed by atoms with van der Waals surface area (Å²) in [6, 6.07) is 14.3. The van der Waals surface area contributed by atoms with E-state index in [0.29, 0.717) is 5.56 Å².